The van der Waals surface area contributed by atoms with Crippen LogP contribution in [0.3, 0.4) is 0 Å². The van der Waals surface area contributed by atoms with E-state index in [-0.39, 0.29) is 12.4 Å². The van der Waals surface area contributed by atoms with Crippen molar-refractivity contribution >= 4 is 0 Å². The highest BCUT2D eigenvalue weighted by Gasteiger charge is 2.23. The lowest BCUT2D eigenvalue weighted by molar-refractivity contribution is 0.00329. The Bertz CT molecular complexity index is 1040. The van der Waals surface area contributed by atoms with Crippen molar-refractivity contribution in [2.45, 2.75) is 26.5 Å². The second-order valence-corrected chi connectivity index (χ2v) is 8.99. The van der Waals surface area contributed by atoms with Crippen molar-refractivity contribution in [1.29, 1.82) is 0 Å². The smallest absolute Gasteiger partial charge is 0.222 e. The van der Waals surface area contributed by atoms with Gasteiger partial charge in [-0.2, -0.15) is 5.10 Å². The summed E-state index contributed by atoms with van der Waals surface area (Å²) in [5.41, 5.74) is 2.56. The molecule has 0 amide bonds. The molecular formula is C27H36FN3O4. The fraction of sp³-hybridized carbons (Fsp3) is 0.444. The van der Waals surface area contributed by atoms with Gasteiger partial charge in [-0.1, -0.05) is 50.2 Å². The second kappa shape index (κ2) is 13.3. The quantitative estimate of drug-likeness (QED) is 0.363. The molecule has 0 aliphatic carbocycles. The molecule has 0 saturated carbocycles. The van der Waals surface area contributed by atoms with E-state index < -0.39 is 6.10 Å². The molecule has 3 rings (SSSR count). The molecule has 8 heteroatoms. The minimum absolute atomic E-state index is 0.257. The Balaban J connectivity index is 1.90. The minimum atomic E-state index is -0.657. The summed E-state index contributed by atoms with van der Waals surface area (Å²) in [6.07, 6.45) is -0.657. The van der Waals surface area contributed by atoms with Crippen LogP contribution in [-0.2, 0) is 23.1 Å². The molecular weight excluding hydrogens is 449 g/mol. The van der Waals surface area contributed by atoms with Gasteiger partial charge >= 0.3 is 0 Å². The summed E-state index contributed by atoms with van der Waals surface area (Å²) in [6.45, 7) is 6.95. The van der Waals surface area contributed by atoms with Gasteiger partial charge in [0.05, 0.1) is 24.9 Å². The van der Waals surface area contributed by atoms with E-state index in [2.05, 4.69) is 18.7 Å². The molecule has 7 nitrogen and oxygen atoms in total. The standard InChI is InChI=1S/C27H36FN3O4/c1-20(2)18-34-19-23(32)16-31(13-14-33-4)17-25-26(21-9-6-5-7-10-21)29-30(3)27(25)35-24-12-8-11-22(28)15-24/h5-12,15,20,23,32H,13-14,16-19H2,1-4H3/t23-/m1/s1. The SMILES string of the molecule is COCCN(Cc1c(-c2ccccc2)nn(C)c1Oc1cccc(F)c1)C[C@@H](O)COCC(C)C. The van der Waals surface area contributed by atoms with Gasteiger partial charge in [0.25, 0.3) is 0 Å². The molecule has 0 radical (unpaired) electrons. The summed E-state index contributed by atoms with van der Waals surface area (Å²) in [7, 11) is 3.46. The highest BCUT2D eigenvalue weighted by Crippen LogP contribution is 2.34. The molecule has 3 aromatic rings. The normalized spacial score (nSPS) is 12.5. The van der Waals surface area contributed by atoms with Crippen molar-refractivity contribution < 1.29 is 23.7 Å². The Kier molecular flexibility index (Phi) is 10.2. The number of benzene rings is 2. The van der Waals surface area contributed by atoms with Crippen LogP contribution in [0.2, 0.25) is 0 Å². The number of aryl methyl sites for hydroxylation is 1. The lowest BCUT2D eigenvalue weighted by Crippen LogP contribution is -2.37. The lowest BCUT2D eigenvalue weighted by Gasteiger charge is -2.25. The average molecular weight is 486 g/mol. The number of nitrogens with zero attached hydrogens (tertiary/aromatic N) is 3. The summed E-state index contributed by atoms with van der Waals surface area (Å²) in [5, 5.41) is 15.4. The van der Waals surface area contributed by atoms with E-state index in [1.165, 1.54) is 12.1 Å². The molecule has 1 atom stereocenters. The molecule has 1 N–H and O–H groups in total. The van der Waals surface area contributed by atoms with Gasteiger partial charge in [0.15, 0.2) is 0 Å². The Labute approximate surface area is 207 Å². The third kappa shape index (κ3) is 8.14. The van der Waals surface area contributed by atoms with Crippen LogP contribution in [0.15, 0.2) is 54.6 Å². The van der Waals surface area contributed by atoms with Gasteiger partial charge in [-0.05, 0) is 18.1 Å². The third-order valence-electron chi connectivity index (χ3n) is 5.37. The molecule has 0 spiro atoms. The lowest BCUT2D eigenvalue weighted by atomic mass is 10.1. The molecule has 0 saturated heterocycles. The van der Waals surface area contributed by atoms with E-state index in [1.807, 2.05) is 30.3 Å². The zero-order chi connectivity index (χ0) is 25.2. The van der Waals surface area contributed by atoms with Gasteiger partial charge in [-0.3, -0.25) is 4.90 Å². The molecule has 0 unspecified atom stereocenters. The summed E-state index contributed by atoms with van der Waals surface area (Å²) in [4.78, 5) is 2.09. The van der Waals surface area contributed by atoms with Gasteiger partial charge < -0.3 is 19.3 Å². The van der Waals surface area contributed by atoms with Crippen LogP contribution < -0.4 is 4.74 Å². The molecule has 0 bridgehead atoms. The first-order valence-corrected chi connectivity index (χ1v) is 11.9. The van der Waals surface area contributed by atoms with E-state index in [0.29, 0.717) is 50.4 Å². The third-order valence-corrected chi connectivity index (χ3v) is 5.37. The maximum absolute atomic E-state index is 13.8. The summed E-state index contributed by atoms with van der Waals surface area (Å²) < 4.78 is 32.6. The van der Waals surface area contributed by atoms with Crippen molar-refractivity contribution in [2.75, 3.05) is 40.0 Å². The Hall–Kier alpha value is -2.78. The maximum Gasteiger partial charge on any atom is 0.222 e. The summed E-state index contributed by atoms with van der Waals surface area (Å²) >= 11 is 0. The number of aliphatic hydroxyl groups is 1. The maximum atomic E-state index is 13.8. The summed E-state index contributed by atoms with van der Waals surface area (Å²) in [6, 6.07) is 15.9. The van der Waals surface area contributed by atoms with Gasteiger partial charge in [-0.15, -0.1) is 0 Å². The first kappa shape index (κ1) is 26.8. The van der Waals surface area contributed by atoms with Crippen molar-refractivity contribution in [3.8, 4) is 22.9 Å². The number of aliphatic hydroxyl groups excluding tert-OH is 1. The van der Waals surface area contributed by atoms with Crippen LogP contribution in [-0.4, -0.2) is 65.9 Å². The Morgan fingerprint density at radius 3 is 2.54 bits per heavy atom. The minimum Gasteiger partial charge on any atom is -0.439 e. The zero-order valence-electron chi connectivity index (χ0n) is 21.0. The van der Waals surface area contributed by atoms with Crippen LogP contribution in [0.25, 0.3) is 11.3 Å². The van der Waals surface area contributed by atoms with Crippen molar-refractivity contribution in [2.24, 2.45) is 13.0 Å². The van der Waals surface area contributed by atoms with Crippen molar-refractivity contribution in [3.05, 3.63) is 66.0 Å². The van der Waals surface area contributed by atoms with Crippen LogP contribution in [0.4, 0.5) is 4.39 Å². The number of hydrogen-bond donors (Lipinski definition) is 1. The Morgan fingerprint density at radius 1 is 1.09 bits per heavy atom. The van der Waals surface area contributed by atoms with Crippen LogP contribution in [0, 0.1) is 11.7 Å². The second-order valence-electron chi connectivity index (χ2n) is 8.99. The topological polar surface area (TPSA) is 69.0 Å². The highest BCUT2D eigenvalue weighted by molar-refractivity contribution is 5.65. The molecule has 35 heavy (non-hydrogen) atoms. The molecule has 190 valence electrons. The van der Waals surface area contributed by atoms with Crippen molar-refractivity contribution in [3.63, 3.8) is 0 Å². The predicted octanol–water partition coefficient (Wildman–Crippen LogP) is 4.50. The Morgan fingerprint density at radius 2 is 1.86 bits per heavy atom. The van der Waals surface area contributed by atoms with E-state index in [4.69, 9.17) is 19.3 Å². The number of halogens is 1. The first-order chi connectivity index (χ1) is 16.9. The van der Waals surface area contributed by atoms with Gasteiger partial charge in [0.1, 0.15) is 17.3 Å². The molecule has 1 heterocycles. The molecule has 2 aromatic carbocycles. The van der Waals surface area contributed by atoms with Crippen LogP contribution >= 0.6 is 0 Å². The number of rotatable bonds is 14. The number of ether oxygens (including phenoxy) is 3. The monoisotopic (exact) mass is 485 g/mol. The van der Waals surface area contributed by atoms with Gasteiger partial charge in [-0.25, -0.2) is 9.07 Å². The van der Waals surface area contributed by atoms with E-state index in [1.54, 1.807) is 31.0 Å². The number of aromatic nitrogens is 2. The van der Waals surface area contributed by atoms with Gasteiger partial charge in [0.2, 0.25) is 5.88 Å². The van der Waals surface area contributed by atoms with Crippen LogP contribution in [0.1, 0.15) is 19.4 Å². The molecule has 0 fully saturated rings. The van der Waals surface area contributed by atoms with Gasteiger partial charge in [0, 0.05) is 52.0 Å². The van der Waals surface area contributed by atoms with Crippen LogP contribution in [0.5, 0.6) is 11.6 Å². The zero-order valence-corrected chi connectivity index (χ0v) is 21.0. The highest BCUT2D eigenvalue weighted by atomic mass is 19.1. The van der Waals surface area contributed by atoms with E-state index in [0.717, 1.165) is 16.8 Å². The largest absolute Gasteiger partial charge is 0.439 e. The summed E-state index contributed by atoms with van der Waals surface area (Å²) in [5.74, 6) is 0.931. The van der Waals surface area contributed by atoms with E-state index >= 15 is 0 Å². The fourth-order valence-corrected chi connectivity index (χ4v) is 3.76. The fourth-order valence-electron chi connectivity index (χ4n) is 3.76. The number of methoxy groups -OCH3 is 1. The van der Waals surface area contributed by atoms with Crippen molar-refractivity contribution in [1.82, 2.24) is 14.7 Å². The van der Waals surface area contributed by atoms with E-state index in [9.17, 15) is 9.50 Å². The molecule has 0 aliphatic rings. The first-order valence-electron chi connectivity index (χ1n) is 11.9. The average Bonchev–Trinajstić information content (AvgIpc) is 3.12. The predicted molar refractivity (Wildman–Crippen MR) is 134 cm³/mol. The molecule has 1 aromatic heterocycles. The molecule has 0 aliphatic heterocycles. The number of hydrogen-bond acceptors (Lipinski definition) is 6.